The predicted molar refractivity (Wildman–Crippen MR) is 82.3 cm³/mol. The van der Waals surface area contributed by atoms with E-state index in [2.05, 4.69) is 9.71 Å². The molecule has 1 aliphatic rings. The van der Waals surface area contributed by atoms with Crippen molar-refractivity contribution in [1.29, 1.82) is 0 Å². The van der Waals surface area contributed by atoms with Crippen LogP contribution in [0.3, 0.4) is 0 Å². The Hall–Kier alpha value is -0.990. The van der Waals surface area contributed by atoms with Gasteiger partial charge < -0.3 is 10.1 Å². The van der Waals surface area contributed by atoms with Gasteiger partial charge in [0.15, 0.2) is 0 Å². The third-order valence-corrected chi connectivity index (χ3v) is 6.78. The normalized spacial score (nSPS) is 18.5. The number of nitrogens with one attached hydrogen (secondary N) is 2. The summed E-state index contributed by atoms with van der Waals surface area (Å²) < 4.78 is 27.1. The molecule has 2 rings (SSSR count). The summed E-state index contributed by atoms with van der Waals surface area (Å²) in [6.45, 7) is 0.379. The maximum atomic E-state index is 12.2. The standard InChI is InChI=1S/C13H20N2O4S2/c1-20-13(5-3-2-4-6-13)9-15-21(18,19)10-7-11(12(16)17)14-8-10/h7-8,14-15H,2-6,9H2,1H3,(H,16,17). The minimum absolute atomic E-state index is 0.0352. The largest absolute Gasteiger partial charge is 0.477 e. The second-order valence-electron chi connectivity index (χ2n) is 5.33. The molecule has 21 heavy (non-hydrogen) atoms. The maximum absolute atomic E-state index is 12.2. The number of carboxylic acids is 1. The number of hydrogen-bond donors (Lipinski definition) is 3. The van der Waals surface area contributed by atoms with Crippen LogP contribution in [0.5, 0.6) is 0 Å². The van der Waals surface area contributed by atoms with Gasteiger partial charge in [-0.25, -0.2) is 17.9 Å². The molecule has 1 heterocycles. The molecule has 8 heteroatoms. The molecule has 1 aromatic heterocycles. The van der Waals surface area contributed by atoms with E-state index in [0.717, 1.165) is 31.7 Å². The molecule has 0 aliphatic heterocycles. The average molecular weight is 332 g/mol. The molecule has 1 saturated carbocycles. The first kappa shape index (κ1) is 16.4. The van der Waals surface area contributed by atoms with Crippen molar-refractivity contribution >= 4 is 27.8 Å². The van der Waals surface area contributed by atoms with Crippen LogP contribution >= 0.6 is 11.8 Å². The molecule has 0 spiro atoms. The summed E-state index contributed by atoms with van der Waals surface area (Å²) in [6.07, 6.45) is 8.67. The van der Waals surface area contributed by atoms with E-state index in [-0.39, 0.29) is 15.3 Å². The summed E-state index contributed by atoms with van der Waals surface area (Å²) in [5.41, 5.74) is -0.132. The van der Waals surface area contributed by atoms with Crippen LogP contribution < -0.4 is 4.72 Å². The lowest BCUT2D eigenvalue weighted by Gasteiger charge is -2.35. The van der Waals surface area contributed by atoms with Crippen LogP contribution in [-0.4, -0.2) is 42.0 Å². The van der Waals surface area contributed by atoms with E-state index in [4.69, 9.17) is 5.11 Å². The molecule has 0 atom stereocenters. The lowest BCUT2D eigenvalue weighted by Crippen LogP contribution is -2.41. The van der Waals surface area contributed by atoms with E-state index in [1.807, 2.05) is 6.26 Å². The number of carbonyl (C=O) groups is 1. The second kappa shape index (κ2) is 6.41. The smallest absolute Gasteiger partial charge is 0.352 e. The van der Waals surface area contributed by atoms with Gasteiger partial charge in [-0.15, -0.1) is 0 Å². The highest BCUT2D eigenvalue weighted by molar-refractivity contribution is 8.00. The van der Waals surface area contributed by atoms with Gasteiger partial charge in [0.2, 0.25) is 10.0 Å². The molecule has 0 bridgehead atoms. The monoisotopic (exact) mass is 332 g/mol. The SMILES string of the molecule is CSC1(CNS(=O)(=O)c2c[nH]c(C(=O)O)c2)CCCCC1. The van der Waals surface area contributed by atoms with Crippen molar-refractivity contribution < 1.29 is 18.3 Å². The van der Waals surface area contributed by atoms with Crippen LogP contribution in [-0.2, 0) is 10.0 Å². The minimum atomic E-state index is -3.68. The molecule has 0 amide bonds. The van der Waals surface area contributed by atoms with Gasteiger partial charge in [0.05, 0.1) is 0 Å². The second-order valence-corrected chi connectivity index (χ2v) is 8.37. The van der Waals surface area contributed by atoms with Gasteiger partial charge in [-0.05, 0) is 25.2 Å². The first-order valence-electron chi connectivity index (χ1n) is 6.85. The topological polar surface area (TPSA) is 99.3 Å². The van der Waals surface area contributed by atoms with Crippen molar-refractivity contribution in [3.8, 4) is 0 Å². The fraction of sp³-hybridized carbons (Fsp3) is 0.615. The molecule has 118 valence electrons. The first-order valence-corrected chi connectivity index (χ1v) is 9.56. The predicted octanol–water partition coefficient (Wildman–Crippen LogP) is 2.06. The molecule has 0 saturated heterocycles. The van der Waals surface area contributed by atoms with Crippen LogP contribution in [0.1, 0.15) is 42.6 Å². The molecule has 1 aromatic rings. The lowest BCUT2D eigenvalue weighted by molar-refractivity contribution is 0.0691. The summed E-state index contributed by atoms with van der Waals surface area (Å²) in [7, 11) is -3.68. The Morgan fingerprint density at radius 1 is 1.43 bits per heavy atom. The quantitative estimate of drug-likeness (QED) is 0.740. The zero-order valence-electron chi connectivity index (χ0n) is 11.9. The van der Waals surface area contributed by atoms with Crippen molar-refractivity contribution in [1.82, 2.24) is 9.71 Å². The zero-order chi connectivity index (χ0) is 15.5. The van der Waals surface area contributed by atoms with Gasteiger partial charge in [0, 0.05) is 17.5 Å². The lowest BCUT2D eigenvalue weighted by atomic mass is 9.88. The van der Waals surface area contributed by atoms with Crippen molar-refractivity contribution in [3.05, 3.63) is 18.0 Å². The van der Waals surface area contributed by atoms with Gasteiger partial charge in [-0.2, -0.15) is 11.8 Å². The summed E-state index contributed by atoms with van der Waals surface area (Å²) in [4.78, 5) is 13.2. The van der Waals surface area contributed by atoms with E-state index in [9.17, 15) is 13.2 Å². The Labute approximate surface area is 128 Å². The van der Waals surface area contributed by atoms with E-state index in [1.165, 1.54) is 12.6 Å². The van der Waals surface area contributed by atoms with Crippen molar-refractivity contribution in [2.45, 2.75) is 41.7 Å². The van der Waals surface area contributed by atoms with Gasteiger partial charge in [0.1, 0.15) is 10.6 Å². The highest BCUT2D eigenvalue weighted by atomic mass is 32.2. The summed E-state index contributed by atoms with van der Waals surface area (Å²) in [5.74, 6) is -1.18. The molecular formula is C13H20N2O4S2. The summed E-state index contributed by atoms with van der Waals surface area (Å²) in [5, 5.41) is 8.83. The fourth-order valence-electron chi connectivity index (χ4n) is 2.61. The Morgan fingerprint density at radius 3 is 2.62 bits per heavy atom. The number of sulfonamides is 1. The number of aromatic nitrogens is 1. The third kappa shape index (κ3) is 3.81. The Kier molecular flexibility index (Phi) is 5.00. The number of carboxylic acid groups (broad SMARTS) is 1. The van der Waals surface area contributed by atoms with Gasteiger partial charge in [0.25, 0.3) is 0 Å². The van der Waals surface area contributed by atoms with Crippen molar-refractivity contribution in [3.63, 3.8) is 0 Å². The number of aromatic amines is 1. The van der Waals surface area contributed by atoms with Crippen LogP contribution in [0.15, 0.2) is 17.2 Å². The Bertz CT molecular complexity index is 603. The summed E-state index contributed by atoms with van der Waals surface area (Å²) >= 11 is 1.71. The van der Waals surface area contributed by atoms with Gasteiger partial charge in [-0.1, -0.05) is 19.3 Å². The van der Waals surface area contributed by atoms with E-state index >= 15 is 0 Å². The fourth-order valence-corrected chi connectivity index (χ4v) is 4.74. The molecule has 0 unspecified atom stereocenters. The number of H-pyrrole nitrogens is 1. The molecular weight excluding hydrogens is 312 g/mol. The minimum Gasteiger partial charge on any atom is -0.477 e. The van der Waals surface area contributed by atoms with Crippen LogP contribution in [0.25, 0.3) is 0 Å². The van der Waals surface area contributed by atoms with Crippen molar-refractivity contribution in [2.24, 2.45) is 0 Å². The summed E-state index contributed by atoms with van der Waals surface area (Å²) in [6, 6.07) is 1.14. The van der Waals surface area contributed by atoms with E-state index < -0.39 is 16.0 Å². The molecule has 1 fully saturated rings. The highest BCUT2D eigenvalue weighted by Gasteiger charge is 2.32. The Balaban J connectivity index is 2.07. The maximum Gasteiger partial charge on any atom is 0.352 e. The van der Waals surface area contributed by atoms with Crippen LogP contribution in [0.2, 0.25) is 0 Å². The molecule has 3 N–H and O–H groups in total. The highest BCUT2D eigenvalue weighted by Crippen LogP contribution is 2.38. The number of hydrogen-bond acceptors (Lipinski definition) is 4. The van der Waals surface area contributed by atoms with Crippen LogP contribution in [0, 0.1) is 0 Å². The number of aromatic carboxylic acids is 1. The number of thioether (sulfide) groups is 1. The third-order valence-electron chi connectivity index (χ3n) is 3.98. The van der Waals surface area contributed by atoms with E-state index in [0.29, 0.717) is 6.54 Å². The molecule has 1 aliphatic carbocycles. The molecule has 0 radical (unpaired) electrons. The Morgan fingerprint density at radius 2 is 2.10 bits per heavy atom. The average Bonchev–Trinajstić information content (AvgIpc) is 2.97. The zero-order valence-corrected chi connectivity index (χ0v) is 13.5. The van der Waals surface area contributed by atoms with E-state index in [1.54, 1.807) is 11.8 Å². The van der Waals surface area contributed by atoms with Gasteiger partial charge in [-0.3, -0.25) is 0 Å². The van der Waals surface area contributed by atoms with Crippen LogP contribution in [0.4, 0.5) is 0 Å². The molecule has 0 aromatic carbocycles. The first-order chi connectivity index (χ1) is 9.88. The van der Waals surface area contributed by atoms with Crippen molar-refractivity contribution in [2.75, 3.05) is 12.8 Å². The number of rotatable bonds is 6. The molecule has 6 nitrogen and oxygen atoms in total. The van der Waals surface area contributed by atoms with Gasteiger partial charge >= 0.3 is 5.97 Å².